The number of aromatic amines is 1. The van der Waals surface area contributed by atoms with E-state index in [2.05, 4.69) is 15.5 Å². The Labute approximate surface area is 88.9 Å². The number of aromatic nitrogens is 2. The summed E-state index contributed by atoms with van der Waals surface area (Å²) in [7, 11) is 0. The molecule has 3 N–H and O–H groups in total. The van der Waals surface area contributed by atoms with Crippen LogP contribution in [-0.4, -0.2) is 34.4 Å². The summed E-state index contributed by atoms with van der Waals surface area (Å²) in [4.78, 5) is 11.4. The predicted molar refractivity (Wildman–Crippen MR) is 56.4 cm³/mol. The highest BCUT2D eigenvalue weighted by molar-refractivity contribution is 5.93. The fraction of sp³-hybridized carbons (Fsp3) is 0.600. The third-order valence-electron chi connectivity index (χ3n) is 2.23. The molecule has 0 bridgehead atoms. The van der Waals surface area contributed by atoms with Gasteiger partial charge in [0.25, 0.3) is 5.91 Å². The quantitative estimate of drug-likeness (QED) is 0.601. The number of aliphatic hydroxyl groups excluding tert-OH is 1. The van der Waals surface area contributed by atoms with Crippen LogP contribution in [0.1, 0.15) is 30.1 Å². The number of carbonyl (C=O) groups is 1. The Bertz CT molecular complexity index is 285. The van der Waals surface area contributed by atoms with Crippen LogP contribution in [0.4, 0.5) is 0 Å². The van der Waals surface area contributed by atoms with Crippen LogP contribution in [-0.2, 0) is 0 Å². The molecule has 1 heterocycles. The summed E-state index contributed by atoms with van der Waals surface area (Å²) in [5.74, 6) is 0.191. The smallest absolute Gasteiger partial charge is 0.254 e. The molecule has 0 aromatic carbocycles. The van der Waals surface area contributed by atoms with Crippen LogP contribution in [0.2, 0.25) is 0 Å². The molecule has 1 rings (SSSR count). The predicted octanol–water partition coefficient (Wildman–Crippen LogP) is 0.548. The van der Waals surface area contributed by atoms with Crippen molar-refractivity contribution in [2.75, 3.05) is 13.2 Å². The Balaban J connectivity index is 2.13. The van der Waals surface area contributed by atoms with Gasteiger partial charge < -0.3 is 10.4 Å². The van der Waals surface area contributed by atoms with Crippen molar-refractivity contribution in [1.82, 2.24) is 15.5 Å². The standard InChI is InChI=1S/C10H17N3O2/c1-8(7-14)3-2-4-11-10(15)9-5-12-13-6-9/h5-6,8,14H,2-4,7H2,1H3,(H,11,15)(H,12,13). The van der Waals surface area contributed by atoms with Gasteiger partial charge >= 0.3 is 0 Å². The van der Waals surface area contributed by atoms with Crippen molar-refractivity contribution in [3.63, 3.8) is 0 Å². The van der Waals surface area contributed by atoms with Crippen molar-refractivity contribution in [2.45, 2.75) is 19.8 Å². The Morgan fingerprint density at radius 1 is 1.73 bits per heavy atom. The third kappa shape index (κ3) is 4.12. The molecule has 0 aliphatic rings. The fourth-order valence-electron chi connectivity index (χ4n) is 1.22. The van der Waals surface area contributed by atoms with E-state index in [0.717, 1.165) is 12.8 Å². The minimum atomic E-state index is -0.111. The minimum absolute atomic E-state index is 0.111. The van der Waals surface area contributed by atoms with Crippen molar-refractivity contribution in [3.05, 3.63) is 18.0 Å². The lowest BCUT2D eigenvalue weighted by atomic mass is 10.1. The number of aliphatic hydroxyl groups is 1. The van der Waals surface area contributed by atoms with E-state index < -0.39 is 0 Å². The number of rotatable bonds is 6. The number of hydrogen-bond donors (Lipinski definition) is 3. The molecule has 0 radical (unpaired) electrons. The van der Waals surface area contributed by atoms with Crippen LogP contribution in [0.5, 0.6) is 0 Å². The molecule has 0 saturated heterocycles. The summed E-state index contributed by atoms with van der Waals surface area (Å²) < 4.78 is 0. The van der Waals surface area contributed by atoms with E-state index in [-0.39, 0.29) is 12.5 Å². The number of carbonyl (C=O) groups excluding carboxylic acids is 1. The summed E-state index contributed by atoms with van der Waals surface area (Å²) in [6.07, 6.45) is 4.85. The summed E-state index contributed by atoms with van der Waals surface area (Å²) in [5, 5.41) is 17.9. The lowest BCUT2D eigenvalue weighted by Crippen LogP contribution is -2.24. The second-order valence-electron chi connectivity index (χ2n) is 3.67. The molecular formula is C10H17N3O2. The highest BCUT2D eigenvalue weighted by atomic mass is 16.3. The second-order valence-corrected chi connectivity index (χ2v) is 3.67. The molecule has 0 fully saturated rings. The number of nitrogens with zero attached hydrogens (tertiary/aromatic N) is 1. The van der Waals surface area contributed by atoms with E-state index in [1.165, 1.54) is 6.20 Å². The normalized spacial score (nSPS) is 12.4. The van der Waals surface area contributed by atoms with Crippen molar-refractivity contribution < 1.29 is 9.90 Å². The first-order chi connectivity index (χ1) is 7.24. The molecule has 1 unspecified atom stereocenters. The third-order valence-corrected chi connectivity index (χ3v) is 2.23. The molecule has 1 atom stereocenters. The van der Waals surface area contributed by atoms with E-state index >= 15 is 0 Å². The van der Waals surface area contributed by atoms with Crippen LogP contribution in [0, 0.1) is 5.92 Å². The van der Waals surface area contributed by atoms with Gasteiger partial charge in [0.2, 0.25) is 0 Å². The van der Waals surface area contributed by atoms with E-state index in [9.17, 15) is 4.79 Å². The highest BCUT2D eigenvalue weighted by Crippen LogP contribution is 2.02. The Morgan fingerprint density at radius 2 is 2.53 bits per heavy atom. The Kier molecular flexibility index (Phi) is 4.83. The van der Waals surface area contributed by atoms with Gasteiger partial charge in [-0.15, -0.1) is 0 Å². The van der Waals surface area contributed by atoms with Crippen LogP contribution >= 0.6 is 0 Å². The molecule has 1 aromatic heterocycles. The van der Waals surface area contributed by atoms with Gasteiger partial charge in [-0.3, -0.25) is 9.89 Å². The van der Waals surface area contributed by atoms with E-state index in [1.54, 1.807) is 6.20 Å². The molecule has 15 heavy (non-hydrogen) atoms. The maximum Gasteiger partial charge on any atom is 0.254 e. The Morgan fingerprint density at radius 3 is 3.13 bits per heavy atom. The molecule has 0 aliphatic heterocycles. The van der Waals surface area contributed by atoms with Gasteiger partial charge in [-0.1, -0.05) is 6.92 Å². The fourth-order valence-corrected chi connectivity index (χ4v) is 1.22. The molecule has 5 heteroatoms. The molecule has 1 aromatic rings. The summed E-state index contributed by atoms with van der Waals surface area (Å²) >= 11 is 0. The molecule has 0 spiro atoms. The average Bonchev–Trinajstić information content (AvgIpc) is 2.77. The summed E-state index contributed by atoms with van der Waals surface area (Å²) in [5.41, 5.74) is 0.546. The van der Waals surface area contributed by atoms with E-state index in [1.807, 2.05) is 6.92 Å². The first kappa shape index (κ1) is 11.7. The van der Waals surface area contributed by atoms with Gasteiger partial charge in [0.1, 0.15) is 0 Å². The van der Waals surface area contributed by atoms with Crippen molar-refractivity contribution in [3.8, 4) is 0 Å². The summed E-state index contributed by atoms with van der Waals surface area (Å²) in [6.45, 7) is 2.82. The van der Waals surface area contributed by atoms with Crippen LogP contribution in [0.25, 0.3) is 0 Å². The zero-order valence-electron chi connectivity index (χ0n) is 8.86. The average molecular weight is 211 g/mol. The van der Waals surface area contributed by atoms with Gasteiger partial charge in [-0.2, -0.15) is 5.10 Å². The topological polar surface area (TPSA) is 78.0 Å². The van der Waals surface area contributed by atoms with Crippen molar-refractivity contribution in [2.24, 2.45) is 5.92 Å². The van der Waals surface area contributed by atoms with Crippen LogP contribution in [0.15, 0.2) is 12.4 Å². The van der Waals surface area contributed by atoms with Crippen molar-refractivity contribution in [1.29, 1.82) is 0 Å². The number of amides is 1. The van der Waals surface area contributed by atoms with Crippen LogP contribution in [0.3, 0.4) is 0 Å². The lowest BCUT2D eigenvalue weighted by Gasteiger charge is -2.07. The largest absolute Gasteiger partial charge is 0.396 e. The SMILES string of the molecule is CC(CO)CCCNC(=O)c1cn[nH]c1. The monoisotopic (exact) mass is 211 g/mol. The first-order valence-electron chi connectivity index (χ1n) is 5.12. The van der Waals surface area contributed by atoms with Crippen molar-refractivity contribution >= 4 is 5.91 Å². The van der Waals surface area contributed by atoms with Gasteiger partial charge in [0.15, 0.2) is 0 Å². The van der Waals surface area contributed by atoms with Gasteiger partial charge in [-0.25, -0.2) is 0 Å². The first-order valence-corrected chi connectivity index (χ1v) is 5.12. The lowest BCUT2D eigenvalue weighted by molar-refractivity contribution is 0.0952. The molecular weight excluding hydrogens is 194 g/mol. The zero-order chi connectivity index (χ0) is 11.1. The maximum absolute atomic E-state index is 11.4. The second kappa shape index (κ2) is 6.19. The zero-order valence-corrected chi connectivity index (χ0v) is 8.86. The summed E-state index contributed by atoms with van der Waals surface area (Å²) in [6, 6.07) is 0. The number of H-pyrrole nitrogens is 1. The Hall–Kier alpha value is -1.36. The number of hydrogen-bond acceptors (Lipinski definition) is 3. The van der Waals surface area contributed by atoms with Gasteiger partial charge in [0.05, 0.1) is 11.8 Å². The van der Waals surface area contributed by atoms with Gasteiger partial charge in [-0.05, 0) is 18.8 Å². The van der Waals surface area contributed by atoms with E-state index in [4.69, 9.17) is 5.11 Å². The van der Waals surface area contributed by atoms with E-state index in [0.29, 0.717) is 18.0 Å². The van der Waals surface area contributed by atoms with Crippen LogP contribution < -0.4 is 5.32 Å². The van der Waals surface area contributed by atoms with Gasteiger partial charge in [0, 0.05) is 19.3 Å². The molecule has 1 amide bonds. The minimum Gasteiger partial charge on any atom is -0.396 e. The molecule has 0 saturated carbocycles. The molecule has 0 aliphatic carbocycles. The molecule has 5 nitrogen and oxygen atoms in total. The maximum atomic E-state index is 11.4. The highest BCUT2D eigenvalue weighted by Gasteiger charge is 2.05. The molecule has 84 valence electrons. The number of nitrogens with one attached hydrogen (secondary N) is 2.